The maximum absolute atomic E-state index is 13.0. The standard InChI is InChI=1S/C27H26N4O5/c1-27(23-8-5-13-36-23)25(33)31(26(34)30-27)16-24(32)29-14-20(17-9-11-18(35-2)12-10-17)21-15-28-22-7-4-3-6-19(21)22/h3-13,15,20,28H,14,16H2,1-2H3,(H,29,32)(H,30,34)/t20-,27-/m1/s1. The number of nitrogens with one attached hydrogen (secondary N) is 3. The third-order valence-corrected chi connectivity index (χ3v) is 6.61. The fraction of sp³-hybridized carbons (Fsp3) is 0.222. The number of hydrogen-bond donors (Lipinski definition) is 3. The van der Waals surface area contributed by atoms with Crippen LogP contribution < -0.4 is 15.4 Å². The summed E-state index contributed by atoms with van der Waals surface area (Å²) in [5.74, 6) is -0.115. The predicted molar refractivity (Wildman–Crippen MR) is 132 cm³/mol. The molecule has 3 heterocycles. The first-order chi connectivity index (χ1) is 17.4. The molecule has 1 aliphatic heterocycles. The number of aromatic nitrogens is 1. The number of carbonyl (C=O) groups excluding carboxylic acids is 3. The van der Waals surface area contributed by atoms with Gasteiger partial charge in [-0.2, -0.15) is 0 Å². The predicted octanol–water partition coefficient (Wildman–Crippen LogP) is 3.48. The molecule has 0 spiro atoms. The van der Waals surface area contributed by atoms with Gasteiger partial charge in [0.1, 0.15) is 18.1 Å². The highest BCUT2D eigenvalue weighted by Crippen LogP contribution is 2.32. The van der Waals surface area contributed by atoms with Crippen LogP contribution in [0.1, 0.15) is 29.7 Å². The van der Waals surface area contributed by atoms with E-state index in [0.717, 1.165) is 32.7 Å². The van der Waals surface area contributed by atoms with Crippen molar-refractivity contribution in [2.45, 2.75) is 18.4 Å². The van der Waals surface area contributed by atoms with Crippen LogP contribution in [0, 0.1) is 0 Å². The number of rotatable bonds is 8. The van der Waals surface area contributed by atoms with Crippen LogP contribution in [0.25, 0.3) is 10.9 Å². The number of para-hydroxylation sites is 1. The number of methoxy groups -OCH3 is 1. The van der Waals surface area contributed by atoms with Crippen LogP contribution in [0.2, 0.25) is 0 Å². The fourth-order valence-corrected chi connectivity index (χ4v) is 4.61. The Bertz CT molecular complexity index is 1410. The van der Waals surface area contributed by atoms with E-state index < -0.39 is 29.9 Å². The number of furan rings is 1. The van der Waals surface area contributed by atoms with Crippen molar-refractivity contribution in [1.82, 2.24) is 20.5 Å². The van der Waals surface area contributed by atoms with Gasteiger partial charge < -0.3 is 24.8 Å². The molecule has 36 heavy (non-hydrogen) atoms. The van der Waals surface area contributed by atoms with E-state index in [2.05, 4.69) is 15.6 Å². The summed E-state index contributed by atoms with van der Waals surface area (Å²) in [5, 5.41) is 6.59. The van der Waals surface area contributed by atoms with Crippen molar-refractivity contribution >= 4 is 28.7 Å². The molecule has 0 unspecified atom stereocenters. The van der Waals surface area contributed by atoms with E-state index in [1.807, 2.05) is 54.7 Å². The Hall–Kier alpha value is -4.53. The monoisotopic (exact) mass is 486 g/mol. The molecule has 2 atom stereocenters. The van der Waals surface area contributed by atoms with Gasteiger partial charge in [0.25, 0.3) is 5.91 Å². The number of benzene rings is 2. The molecule has 184 valence electrons. The summed E-state index contributed by atoms with van der Waals surface area (Å²) in [6, 6.07) is 18.2. The number of ether oxygens (including phenoxy) is 1. The quantitative estimate of drug-likeness (QED) is 0.330. The Morgan fingerprint density at radius 1 is 1.11 bits per heavy atom. The first-order valence-electron chi connectivity index (χ1n) is 11.6. The van der Waals surface area contributed by atoms with Crippen molar-refractivity contribution in [1.29, 1.82) is 0 Å². The lowest BCUT2D eigenvalue weighted by molar-refractivity contribution is -0.135. The molecule has 0 aliphatic carbocycles. The van der Waals surface area contributed by atoms with Crippen LogP contribution in [0.15, 0.2) is 77.5 Å². The van der Waals surface area contributed by atoms with E-state index in [1.165, 1.54) is 6.26 Å². The van der Waals surface area contributed by atoms with Crippen LogP contribution in [-0.2, 0) is 15.1 Å². The molecular weight excluding hydrogens is 460 g/mol. The number of nitrogens with zero attached hydrogens (tertiary/aromatic N) is 1. The Kier molecular flexibility index (Phi) is 5.97. The Balaban J connectivity index is 1.34. The van der Waals surface area contributed by atoms with Gasteiger partial charge in [0, 0.05) is 29.6 Å². The second kappa shape index (κ2) is 9.26. The average molecular weight is 487 g/mol. The molecule has 2 aromatic heterocycles. The third-order valence-electron chi connectivity index (χ3n) is 6.61. The van der Waals surface area contributed by atoms with Crippen LogP contribution in [0.4, 0.5) is 4.79 Å². The smallest absolute Gasteiger partial charge is 0.325 e. The van der Waals surface area contributed by atoms with Gasteiger partial charge in [0.2, 0.25) is 5.91 Å². The first-order valence-corrected chi connectivity index (χ1v) is 11.6. The molecular formula is C27H26N4O5. The number of hydrogen-bond acceptors (Lipinski definition) is 5. The molecule has 1 aliphatic rings. The highest BCUT2D eigenvalue weighted by Gasteiger charge is 2.51. The summed E-state index contributed by atoms with van der Waals surface area (Å²) in [6.07, 6.45) is 3.37. The second-order valence-corrected chi connectivity index (χ2v) is 8.84. The Morgan fingerprint density at radius 3 is 2.61 bits per heavy atom. The average Bonchev–Trinajstić information content (AvgIpc) is 3.62. The largest absolute Gasteiger partial charge is 0.497 e. The second-order valence-electron chi connectivity index (χ2n) is 8.84. The van der Waals surface area contributed by atoms with Crippen molar-refractivity contribution in [2.24, 2.45) is 0 Å². The lowest BCUT2D eigenvalue weighted by atomic mass is 9.90. The normalized spacial score (nSPS) is 18.3. The van der Waals surface area contributed by atoms with E-state index in [1.54, 1.807) is 26.2 Å². The minimum atomic E-state index is -1.35. The van der Waals surface area contributed by atoms with Crippen molar-refractivity contribution in [3.8, 4) is 5.75 Å². The molecule has 0 bridgehead atoms. The van der Waals surface area contributed by atoms with E-state index >= 15 is 0 Å². The highest BCUT2D eigenvalue weighted by molar-refractivity contribution is 6.08. The van der Waals surface area contributed by atoms with Crippen molar-refractivity contribution in [3.63, 3.8) is 0 Å². The molecule has 0 saturated carbocycles. The summed E-state index contributed by atoms with van der Waals surface area (Å²) in [6.45, 7) is 1.43. The number of fused-ring (bicyclic) bond motifs is 1. The highest BCUT2D eigenvalue weighted by atomic mass is 16.5. The van der Waals surface area contributed by atoms with Crippen LogP contribution in [0.5, 0.6) is 5.75 Å². The van der Waals surface area contributed by atoms with Gasteiger partial charge in [-0.05, 0) is 48.4 Å². The summed E-state index contributed by atoms with van der Waals surface area (Å²) in [4.78, 5) is 42.7. The molecule has 4 amide bonds. The molecule has 1 saturated heterocycles. The third kappa shape index (κ3) is 4.08. The Morgan fingerprint density at radius 2 is 1.89 bits per heavy atom. The minimum absolute atomic E-state index is 0.174. The summed E-state index contributed by atoms with van der Waals surface area (Å²) < 4.78 is 10.6. The lowest BCUT2D eigenvalue weighted by Crippen LogP contribution is -2.43. The topological polar surface area (TPSA) is 117 Å². The first kappa shape index (κ1) is 23.2. The van der Waals surface area contributed by atoms with Gasteiger partial charge in [0.15, 0.2) is 5.54 Å². The number of aromatic amines is 1. The molecule has 0 radical (unpaired) electrons. The fourth-order valence-electron chi connectivity index (χ4n) is 4.61. The molecule has 2 aromatic carbocycles. The van der Waals surface area contributed by atoms with E-state index in [-0.39, 0.29) is 12.5 Å². The van der Waals surface area contributed by atoms with Gasteiger partial charge in [-0.15, -0.1) is 0 Å². The van der Waals surface area contributed by atoms with Crippen LogP contribution in [-0.4, -0.2) is 47.9 Å². The number of carbonyl (C=O) groups is 3. The number of imide groups is 1. The van der Waals surface area contributed by atoms with Crippen molar-refractivity contribution < 1.29 is 23.5 Å². The molecule has 9 nitrogen and oxygen atoms in total. The summed E-state index contributed by atoms with van der Waals surface area (Å²) >= 11 is 0. The minimum Gasteiger partial charge on any atom is -0.497 e. The van der Waals surface area contributed by atoms with Crippen molar-refractivity contribution in [2.75, 3.05) is 20.2 Å². The molecule has 3 N–H and O–H groups in total. The zero-order valence-electron chi connectivity index (χ0n) is 19.9. The van der Waals surface area contributed by atoms with Gasteiger partial charge >= 0.3 is 6.03 Å². The zero-order valence-corrected chi connectivity index (χ0v) is 19.9. The molecule has 1 fully saturated rings. The van der Waals surface area contributed by atoms with Gasteiger partial charge in [-0.3, -0.25) is 14.5 Å². The maximum atomic E-state index is 13.0. The van der Waals surface area contributed by atoms with Crippen LogP contribution in [0.3, 0.4) is 0 Å². The zero-order chi connectivity index (χ0) is 25.3. The summed E-state index contributed by atoms with van der Waals surface area (Å²) in [5.41, 5.74) is 1.66. The number of H-pyrrole nitrogens is 1. The van der Waals surface area contributed by atoms with Crippen molar-refractivity contribution in [3.05, 3.63) is 90.0 Å². The van der Waals surface area contributed by atoms with Gasteiger partial charge in [0.05, 0.1) is 13.4 Å². The number of amides is 4. The van der Waals surface area contributed by atoms with Crippen LogP contribution >= 0.6 is 0 Å². The lowest BCUT2D eigenvalue weighted by Gasteiger charge is -2.20. The van der Waals surface area contributed by atoms with E-state index in [4.69, 9.17) is 9.15 Å². The molecule has 9 heteroatoms. The summed E-state index contributed by atoms with van der Waals surface area (Å²) in [7, 11) is 1.61. The van der Waals surface area contributed by atoms with Gasteiger partial charge in [-0.25, -0.2) is 4.79 Å². The molecule has 5 rings (SSSR count). The van der Waals surface area contributed by atoms with Gasteiger partial charge in [-0.1, -0.05) is 30.3 Å². The maximum Gasteiger partial charge on any atom is 0.325 e. The number of urea groups is 1. The molecule has 4 aromatic rings. The van der Waals surface area contributed by atoms with E-state index in [9.17, 15) is 14.4 Å². The SMILES string of the molecule is COc1ccc([C@@H](CNC(=O)CN2C(=O)N[C@](C)(c3ccco3)C2=O)c2c[nH]c3ccccc23)cc1. The Labute approximate surface area is 207 Å². The van der Waals surface area contributed by atoms with E-state index in [0.29, 0.717) is 5.76 Å².